The fraction of sp³-hybridized carbons (Fsp3) is 0.333. The molecular formula is C18H21NO2. The highest BCUT2D eigenvalue weighted by atomic mass is 16.5. The van der Waals surface area contributed by atoms with Gasteiger partial charge in [0, 0.05) is 13.1 Å². The van der Waals surface area contributed by atoms with E-state index in [1.54, 1.807) is 0 Å². The molecule has 3 rings (SSSR count). The summed E-state index contributed by atoms with van der Waals surface area (Å²) in [5.74, 6) is 0.919. The molecule has 0 radical (unpaired) electrons. The normalized spacial score (nSPS) is 19.3. The maximum Gasteiger partial charge on any atom is 0.119 e. The zero-order chi connectivity index (χ0) is 14.3. The summed E-state index contributed by atoms with van der Waals surface area (Å²) in [6.45, 7) is 4.11. The van der Waals surface area contributed by atoms with Gasteiger partial charge in [0.05, 0.1) is 19.3 Å². The van der Waals surface area contributed by atoms with Crippen molar-refractivity contribution in [2.75, 3.05) is 26.4 Å². The van der Waals surface area contributed by atoms with E-state index in [-0.39, 0.29) is 0 Å². The van der Waals surface area contributed by atoms with Crippen LogP contribution in [0.15, 0.2) is 60.7 Å². The van der Waals surface area contributed by atoms with Gasteiger partial charge in [-0.25, -0.2) is 0 Å². The third kappa shape index (κ3) is 4.06. The van der Waals surface area contributed by atoms with Crippen molar-refractivity contribution in [3.8, 4) is 5.75 Å². The summed E-state index contributed by atoms with van der Waals surface area (Å²) in [5.41, 5.74) is 1.34. The van der Waals surface area contributed by atoms with Crippen LogP contribution >= 0.6 is 0 Å². The van der Waals surface area contributed by atoms with E-state index in [1.807, 2.05) is 30.3 Å². The molecule has 21 heavy (non-hydrogen) atoms. The van der Waals surface area contributed by atoms with E-state index in [9.17, 15) is 0 Å². The minimum atomic E-state index is 0.305. The molecule has 1 heterocycles. The molecule has 0 spiro atoms. The van der Waals surface area contributed by atoms with Crippen molar-refractivity contribution in [2.24, 2.45) is 0 Å². The van der Waals surface area contributed by atoms with Crippen LogP contribution in [0, 0.1) is 0 Å². The second kappa shape index (κ2) is 7.25. The van der Waals surface area contributed by atoms with Gasteiger partial charge in [0.1, 0.15) is 12.4 Å². The van der Waals surface area contributed by atoms with E-state index in [4.69, 9.17) is 9.47 Å². The molecule has 110 valence electrons. The molecule has 1 aliphatic rings. The van der Waals surface area contributed by atoms with Crippen LogP contribution in [-0.4, -0.2) is 37.3 Å². The van der Waals surface area contributed by atoms with Gasteiger partial charge in [-0.15, -0.1) is 0 Å². The Bertz CT molecular complexity index is 529. The Morgan fingerprint density at radius 1 is 1.00 bits per heavy atom. The molecule has 2 aromatic rings. The van der Waals surface area contributed by atoms with Crippen LogP contribution in [0.1, 0.15) is 5.56 Å². The van der Waals surface area contributed by atoms with E-state index >= 15 is 0 Å². The Morgan fingerprint density at radius 3 is 2.48 bits per heavy atom. The fourth-order valence-corrected chi connectivity index (χ4v) is 2.58. The number of ether oxygens (including phenoxy) is 2. The van der Waals surface area contributed by atoms with Crippen molar-refractivity contribution < 1.29 is 9.47 Å². The van der Waals surface area contributed by atoms with Crippen molar-refractivity contribution in [2.45, 2.75) is 12.6 Å². The lowest BCUT2D eigenvalue weighted by atomic mass is 10.1. The molecule has 0 amide bonds. The van der Waals surface area contributed by atoms with E-state index in [1.165, 1.54) is 5.56 Å². The molecule has 1 fully saturated rings. The Morgan fingerprint density at radius 2 is 1.71 bits per heavy atom. The van der Waals surface area contributed by atoms with Crippen molar-refractivity contribution in [3.63, 3.8) is 0 Å². The first-order valence-corrected chi connectivity index (χ1v) is 7.45. The number of para-hydroxylation sites is 1. The molecule has 1 saturated heterocycles. The predicted molar refractivity (Wildman–Crippen MR) is 83.4 cm³/mol. The van der Waals surface area contributed by atoms with Crippen LogP contribution in [0.3, 0.4) is 0 Å². The van der Waals surface area contributed by atoms with Gasteiger partial charge < -0.3 is 9.47 Å². The first-order chi connectivity index (χ1) is 10.4. The molecule has 3 nitrogen and oxygen atoms in total. The van der Waals surface area contributed by atoms with Crippen LogP contribution in [0.4, 0.5) is 0 Å². The van der Waals surface area contributed by atoms with Gasteiger partial charge in [-0.3, -0.25) is 4.90 Å². The summed E-state index contributed by atoms with van der Waals surface area (Å²) < 4.78 is 11.5. The topological polar surface area (TPSA) is 21.7 Å². The molecule has 0 bridgehead atoms. The minimum Gasteiger partial charge on any atom is -0.492 e. The third-order valence-electron chi connectivity index (χ3n) is 3.76. The van der Waals surface area contributed by atoms with Gasteiger partial charge >= 0.3 is 0 Å². The minimum absolute atomic E-state index is 0.305. The molecular weight excluding hydrogens is 262 g/mol. The fourth-order valence-electron chi connectivity index (χ4n) is 2.58. The zero-order valence-electron chi connectivity index (χ0n) is 12.2. The number of nitrogens with zero attached hydrogens (tertiary/aromatic N) is 1. The molecule has 0 N–H and O–H groups in total. The van der Waals surface area contributed by atoms with Crippen LogP contribution in [0.5, 0.6) is 5.75 Å². The van der Waals surface area contributed by atoms with Crippen LogP contribution in [0.2, 0.25) is 0 Å². The van der Waals surface area contributed by atoms with E-state index in [0.717, 1.165) is 32.1 Å². The Kier molecular flexibility index (Phi) is 4.87. The summed E-state index contributed by atoms with van der Waals surface area (Å²) in [4.78, 5) is 2.45. The smallest absolute Gasteiger partial charge is 0.119 e. The number of hydrogen-bond acceptors (Lipinski definition) is 3. The number of rotatable bonds is 5. The van der Waals surface area contributed by atoms with Gasteiger partial charge in [0.15, 0.2) is 0 Å². The van der Waals surface area contributed by atoms with Gasteiger partial charge in [0.2, 0.25) is 0 Å². The SMILES string of the molecule is c1ccc(CN2CCOCC2COc2ccccc2)cc1. The molecule has 0 saturated carbocycles. The van der Waals surface area contributed by atoms with Gasteiger partial charge in [-0.2, -0.15) is 0 Å². The van der Waals surface area contributed by atoms with Crippen LogP contribution in [0.25, 0.3) is 0 Å². The third-order valence-corrected chi connectivity index (χ3v) is 3.76. The average molecular weight is 283 g/mol. The Hall–Kier alpha value is -1.84. The van der Waals surface area contributed by atoms with Gasteiger partial charge in [-0.05, 0) is 17.7 Å². The highest BCUT2D eigenvalue weighted by Gasteiger charge is 2.23. The van der Waals surface area contributed by atoms with E-state index in [2.05, 4.69) is 35.2 Å². The molecule has 2 aromatic carbocycles. The number of benzene rings is 2. The summed E-state index contributed by atoms with van der Waals surface area (Å²) in [5, 5.41) is 0. The van der Waals surface area contributed by atoms with Gasteiger partial charge in [-0.1, -0.05) is 48.5 Å². The molecule has 0 aliphatic carbocycles. The predicted octanol–water partition coefficient (Wildman–Crippen LogP) is 2.97. The lowest BCUT2D eigenvalue weighted by Gasteiger charge is -2.35. The molecule has 1 unspecified atom stereocenters. The lowest BCUT2D eigenvalue weighted by molar-refractivity contribution is -0.0274. The summed E-state index contributed by atoms with van der Waals surface area (Å²) >= 11 is 0. The molecule has 3 heteroatoms. The molecule has 1 atom stereocenters. The Balaban J connectivity index is 1.59. The first kappa shape index (κ1) is 14.1. The molecule has 1 aliphatic heterocycles. The maximum absolute atomic E-state index is 5.89. The highest BCUT2D eigenvalue weighted by Crippen LogP contribution is 2.15. The second-order valence-corrected chi connectivity index (χ2v) is 5.31. The summed E-state index contributed by atoms with van der Waals surface area (Å²) in [6.07, 6.45) is 0. The maximum atomic E-state index is 5.89. The number of morpholine rings is 1. The lowest BCUT2D eigenvalue weighted by Crippen LogP contribution is -2.47. The first-order valence-electron chi connectivity index (χ1n) is 7.45. The highest BCUT2D eigenvalue weighted by molar-refractivity contribution is 5.21. The van der Waals surface area contributed by atoms with E-state index < -0.39 is 0 Å². The van der Waals surface area contributed by atoms with Crippen LogP contribution < -0.4 is 4.74 Å². The number of hydrogen-bond donors (Lipinski definition) is 0. The largest absolute Gasteiger partial charge is 0.492 e. The zero-order valence-corrected chi connectivity index (χ0v) is 12.2. The quantitative estimate of drug-likeness (QED) is 0.842. The Labute approximate surface area is 126 Å². The van der Waals surface area contributed by atoms with Crippen molar-refractivity contribution >= 4 is 0 Å². The van der Waals surface area contributed by atoms with Crippen molar-refractivity contribution in [1.29, 1.82) is 0 Å². The van der Waals surface area contributed by atoms with Crippen LogP contribution in [-0.2, 0) is 11.3 Å². The average Bonchev–Trinajstić information content (AvgIpc) is 2.56. The summed E-state index contributed by atoms with van der Waals surface area (Å²) in [6, 6.07) is 20.8. The monoisotopic (exact) mass is 283 g/mol. The van der Waals surface area contributed by atoms with Crippen molar-refractivity contribution in [3.05, 3.63) is 66.2 Å². The summed E-state index contributed by atoms with van der Waals surface area (Å²) in [7, 11) is 0. The standard InChI is InChI=1S/C18H21NO2/c1-3-7-16(8-4-1)13-19-11-12-20-14-17(19)15-21-18-9-5-2-6-10-18/h1-10,17H,11-15H2. The van der Waals surface area contributed by atoms with E-state index in [0.29, 0.717) is 12.6 Å². The van der Waals surface area contributed by atoms with Crippen molar-refractivity contribution in [1.82, 2.24) is 4.90 Å². The molecule has 0 aromatic heterocycles. The van der Waals surface area contributed by atoms with Gasteiger partial charge in [0.25, 0.3) is 0 Å². The second-order valence-electron chi connectivity index (χ2n) is 5.31.